The Bertz CT molecular complexity index is 1270. The number of carbonyl (C=O) groups excluding carboxylic acids is 3. The summed E-state index contributed by atoms with van der Waals surface area (Å²) in [7, 11) is -2.97. The lowest BCUT2D eigenvalue weighted by Gasteiger charge is -2.45. The van der Waals surface area contributed by atoms with E-state index in [2.05, 4.69) is 45.0 Å². The number of ether oxygens (including phenoxy) is 1. The first-order valence-electron chi connectivity index (χ1n) is 13.3. The van der Waals surface area contributed by atoms with Crippen LogP contribution in [0.4, 0.5) is 0 Å². The third-order valence-corrected chi connectivity index (χ3v) is 12.1. The molecule has 1 atom stereocenters. The van der Waals surface area contributed by atoms with Crippen LogP contribution in [0.25, 0.3) is 0 Å². The molecule has 0 N–H and O–H groups in total. The van der Waals surface area contributed by atoms with Crippen LogP contribution in [0, 0.1) is 0 Å². The molecule has 0 radical (unpaired) electrons. The van der Waals surface area contributed by atoms with E-state index in [0.717, 1.165) is 10.4 Å². The fourth-order valence-corrected chi connectivity index (χ4v) is 9.85. The van der Waals surface area contributed by atoms with Gasteiger partial charge in [0.15, 0.2) is 0 Å². The smallest absolute Gasteiger partial charge is 0.330 e. The maximum Gasteiger partial charge on any atom is 0.330 e. The molecule has 3 aromatic carbocycles. The quantitative estimate of drug-likeness (QED) is 0.161. The summed E-state index contributed by atoms with van der Waals surface area (Å²) in [5, 5.41) is 1.90. The molecule has 202 valence electrons. The van der Waals surface area contributed by atoms with Gasteiger partial charge in [-0.3, -0.25) is 14.5 Å². The molecule has 0 spiro atoms. The monoisotopic (exact) mass is 541 g/mol. The van der Waals surface area contributed by atoms with Gasteiger partial charge in [-0.1, -0.05) is 93.6 Å². The summed E-state index contributed by atoms with van der Waals surface area (Å²) in [4.78, 5) is 39.6. The van der Waals surface area contributed by atoms with Gasteiger partial charge in [-0.25, -0.2) is 4.79 Å². The zero-order valence-electron chi connectivity index (χ0n) is 22.9. The minimum atomic E-state index is -2.97. The maximum absolute atomic E-state index is 13.0. The van der Waals surface area contributed by atoms with E-state index >= 15 is 0 Å². The maximum atomic E-state index is 13.0. The topological polar surface area (TPSA) is 72.9 Å². The molecule has 0 saturated carbocycles. The first-order chi connectivity index (χ1) is 18.7. The van der Waals surface area contributed by atoms with Crippen molar-refractivity contribution in [3.63, 3.8) is 0 Å². The fourth-order valence-electron chi connectivity index (χ4n) is 5.19. The van der Waals surface area contributed by atoms with Crippen LogP contribution in [0.5, 0.6) is 0 Å². The Balaban J connectivity index is 1.73. The Hall–Kier alpha value is -3.81. The number of hydrogen-bond donors (Lipinski definition) is 0. The molecule has 1 aliphatic rings. The lowest BCUT2D eigenvalue weighted by molar-refractivity contribution is -0.137. The van der Waals surface area contributed by atoms with Crippen molar-refractivity contribution in [1.82, 2.24) is 4.90 Å². The highest BCUT2D eigenvalue weighted by molar-refractivity contribution is 6.99. The number of fused-ring (bicyclic) bond motifs is 1. The Labute approximate surface area is 231 Å². The predicted octanol–water partition coefficient (Wildman–Crippen LogP) is 4.74. The number of nitrogens with zero attached hydrogens (tertiary/aromatic N) is 1. The minimum Gasteiger partial charge on any atom is -0.463 e. The molecule has 0 bridgehead atoms. The second kappa shape index (κ2) is 11.9. The number of imide groups is 1. The van der Waals surface area contributed by atoms with Gasteiger partial charge in [0.05, 0.1) is 23.8 Å². The number of carbonyl (C=O) groups is 3. The zero-order valence-corrected chi connectivity index (χ0v) is 23.9. The van der Waals surface area contributed by atoms with Gasteiger partial charge < -0.3 is 9.16 Å². The normalized spacial score (nSPS) is 14.5. The van der Waals surface area contributed by atoms with Gasteiger partial charge in [0.2, 0.25) is 0 Å². The molecule has 3 aromatic rings. The molecule has 1 heterocycles. The summed E-state index contributed by atoms with van der Waals surface area (Å²) in [6.07, 6.45) is 2.85. The molecule has 4 rings (SSSR count). The van der Waals surface area contributed by atoms with Crippen molar-refractivity contribution >= 4 is 36.5 Å². The van der Waals surface area contributed by atoms with Crippen molar-refractivity contribution in [2.45, 2.75) is 45.3 Å². The molecule has 0 aromatic heterocycles. The summed E-state index contributed by atoms with van der Waals surface area (Å²) in [6.45, 7) is 8.70. The Morgan fingerprint density at radius 3 is 1.79 bits per heavy atom. The Morgan fingerprint density at radius 2 is 1.33 bits per heavy atom. The van der Waals surface area contributed by atoms with Gasteiger partial charge in [0.1, 0.15) is 0 Å². The van der Waals surface area contributed by atoms with Crippen LogP contribution in [-0.4, -0.2) is 50.3 Å². The molecule has 1 aliphatic heterocycles. The third-order valence-electron chi connectivity index (χ3n) is 6.99. The van der Waals surface area contributed by atoms with Crippen LogP contribution in [-0.2, 0) is 14.0 Å². The van der Waals surface area contributed by atoms with Crippen LogP contribution in [0.2, 0.25) is 5.04 Å². The molecular formula is C32H35NO5Si. The highest BCUT2D eigenvalue weighted by atomic mass is 28.4. The molecule has 6 nitrogen and oxygen atoms in total. The SMILES string of the molecule is CCOC(=O)/C=C/C(CCN1C(=O)c2ccccc2C1=O)O[Si](c1ccccc1)(c1ccccc1)C(C)(C)C. The predicted molar refractivity (Wildman–Crippen MR) is 155 cm³/mol. The third kappa shape index (κ3) is 5.79. The van der Waals surface area contributed by atoms with E-state index < -0.39 is 20.4 Å². The van der Waals surface area contributed by atoms with E-state index in [1.54, 1.807) is 37.3 Å². The molecule has 2 amide bonds. The van der Waals surface area contributed by atoms with Crippen LogP contribution in [0.3, 0.4) is 0 Å². The molecular weight excluding hydrogens is 506 g/mol. The van der Waals surface area contributed by atoms with E-state index in [-0.39, 0.29) is 30.0 Å². The molecule has 0 saturated heterocycles. The van der Waals surface area contributed by atoms with E-state index in [0.29, 0.717) is 17.5 Å². The number of esters is 1. The minimum absolute atomic E-state index is 0.155. The second-order valence-electron chi connectivity index (χ2n) is 10.5. The molecule has 0 aliphatic carbocycles. The van der Waals surface area contributed by atoms with Gasteiger partial charge in [0.25, 0.3) is 20.1 Å². The largest absolute Gasteiger partial charge is 0.463 e. The van der Waals surface area contributed by atoms with Gasteiger partial charge in [-0.15, -0.1) is 0 Å². The van der Waals surface area contributed by atoms with Crippen LogP contribution in [0.1, 0.15) is 54.8 Å². The first kappa shape index (κ1) is 28.2. The van der Waals surface area contributed by atoms with Crippen LogP contribution in [0.15, 0.2) is 97.1 Å². The van der Waals surface area contributed by atoms with Gasteiger partial charge in [-0.05, 0) is 47.0 Å². The van der Waals surface area contributed by atoms with Gasteiger partial charge in [0, 0.05) is 12.6 Å². The fraction of sp³-hybridized carbons (Fsp3) is 0.281. The lowest BCUT2D eigenvalue weighted by Crippen LogP contribution is -2.67. The highest BCUT2D eigenvalue weighted by Crippen LogP contribution is 2.38. The lowest BCUT2D eigenvalue weighted by atomic mass is 10.1. The summed E-state index contributed by atoms with van der Waals surface area (Å²) in [6, 6.07) is 27.3. The first-order valence-corrected chi connectivity index (χ1v) is 15.2. The van der Waals surface area contributed by atoms with Gasteiger partial charge in [-0.2, -0.15) is 0 Å². The molecule has 1 unspecified atom stereocenters. The van der Waals surface area contributed by atoms with Crippen molar-refractivity contribution in [1.29, 1.82) is 0 Å². The van der Waals surface area contributed by atoms with Crippen molar-refractivity contribution < 1.29 is 23.5 Å². The Kier molecular flexibility index (Phi) is 8.62. The summed E-state index contributed by atoms with van der Waals surface area (Å²) >= 11 is 0. The van der Waals surface area contributed by atoms with Crippen molar-refractivity contribution in [2.24, 2.45) is 0 Å². The van der Waals surface area contributed by atoms with Crippen molar-refractivity contribution in [2.75, 3.05) is 13.2 Å². The highest BCUT2D eigenvalue weighted by Gasteiger charge is 2.51. The molecule has 0 fully saturated rings. The number of hydrogen-bond acceptors (Lipinski definition) is 5. The van der Waals surface area contributed by atoms with Gasteiger partial charge >= 0.3 is 5.97 Å². The van der Waals surface area contributed by atoms with E-state index in [1.165, 1.54) is 11.0 Å². The van der Waals surface area contributed by atoms with E-state index in [1.807, 2.05) is 36.4 Å². The Morgan fingerprint density at radius 1 is 0.846 bits per heavy atom. The average Bonchev–Trinajstić information content (AvgIpc) is 3.18. The van der Waals surface area contributed by atoms with Crippen molar-refractivity contribution in [3.05, 3.63) is 108 Å². The molecule has 39 heavy (non-hydrogen) atoms. The average molecular weight is 542 g/mol. The van der Waals surface area contributed by atoms with E-state index in [9.17, 15) is 14.4 Å². The number of amides is 2. The van der Waals surface area contributed by atoms with Crippen molar-refractivity contribution in [3.8, 4) is 0 Å². The summed E-state index contributed by atoms with van der Waals surface area (Å²) in [5.41, 5.74) is 0.822. The zero-order chi connectivity index (χ0) is 28.0. The molecule has 7 heteroatoms. The summed E-state index contributed by atoms with van der Waals surface area (Å²) in [5.74, 6) is -1.09. The standard InChI is InChI=1S/C32H35NO5Si/c1-5-37-29(34)21-20-24(22-23-33-30(35)27-18-12-13-19-28(27)31(33)36)38-39(32(2,3)4,25-14-8-6-9-15-25)26-16-10-7-11-17-26/h6-21,24H,5,22-23H2,1-4H3/b21-20+. The summed E-state index contributed by atoms with van der Waals surface area (Å²) < 4.78 is 12.3. The number of benzene rings is 3. The second-order valence-corrected chi connectivity index (χ2v) is 14.8. The number of rotatable bonds is 10. The van der Waals surface area contributed by atoms with Crippen LogP contribution < -0.4 is 10.4 Å². The van der Waals surface area contributed by atoms with E-state index in [4.69, 9.17) is 9.16 Å². The van der Waals surface area contributed by atoms with Crippen LogP contribution >= 0.6 is 0 Å².